The van der Waals surface area contributed by atoms with Gasteiger partial charge in [-0.2, -0.15) is 5.26 Å². The van der Waals surface area contributed by atoms with Crippen LogP contribution in [0.15, 0.2) is 28.2 Å². The molecule has 0 unspecified atom stereocenters. The normalized spacial score (nSPS) is 9.15. The molecule has 1 heterocycles. The van der Waals surface area contributed by atoms with Crippen molar-refractivity contribution in [3.8, 4) is 5.40 Å². The minimum absolute atomic E-state index is 0.0720. The first kappa shape index (κ1) is 9.35. The summed E-state index contributed by atoms with van der Waals surface area (Å²) in [5.41, 5.74) is -0.315. The zero-order chi connectivity index (χ0) is 9.84. The smallest absolute Gasteiger partial charge is 0.304 e. The molecule has 0 bridgehead atoms. The molecular weight excluding hydrogens is 192 g/mol. The van der Waals surface area contributed by atoms with Crippen molar-refractivity contribution in [1.82, 2.24) is 0 Å². The molecule has 0 amide bonds. The van der Waals surface area contributed by atoms with Gasteiger partial charge in [0.2, 0.25) is 5.76 Å². The predicted molar refractivity (Wildman–Crippen MR) is 46.2 cm³/mol. The maximum Gasteiger partial charge on any atom is 0.304 e. The van der Waals surface area contributed by atoms with Crippen LogP contribution in [-0.4, -0.2) is 4.92 Å². The first-order chi connectivity index (χ1) is 6.15. The van der Waals surface area contributed by atoms with Crippen molar-refractivity contribution in [2.75, 3.05) is 0 Å². The summed E-state index contributed by atoms with van der Waals surface area (Å²) in [5, 5.41) is 20.6. The van der Waals surface area contributed by atoms with Crippen molar-refractivity contribution in [3.05, 3.63) is 34.6 Å². The van der Waals surface area contributed by atoms with E-state index in [0.29, 0.717) is 5.09 Å². The molecule has 0 aliphatic rings. The van der Waals surface area contributed by atoms with Crippen LogP contribution in [0.3, 0.4) is 0 Å². The number of thiocyanates is 1. The van der Waals surface area contributed by atoms with Crippen LogP contribution in [-0.2, 0) is 0 Å². The fourth-order valence-corrected chi connectivity index (χ4v) is 1.02. The summed E-state index contributed by atoms with van der Waals surface area (Å²) in [4.78, 5) is 9.60. The molecule has 0 aliphatic carbocycles. The summed E-state index contributed by atoms with van der Waals surface area (Å²) >= 11 is 0.800. The summed E-state index contributed by atoms with van der Waals surface area (Å²) in [7, 11) is 0. The first-order valence-corrected chi connectivity index (χ1v) is 3.96. The Kier molecular flexibility index (Phi) is 2.72. The summed E-state index contributed by atoms with van der Waals surface area (Å²) in [6.07, 6.45) is 0. The summed E-state index contributed by atoms with van der Waals surface area (Å²) in [5.74, 6) is 0.0720. The van der Waals surface area contributed by atoms with Gasteiger partial charge in [-0.1, -0.05) is 0 Å². The van der Waals surface area contributed by atoms with Crippen molar-refractivity contribution >= 4 is 17.5 Å². The van der Waals surface area contributed by atoms with Gasteiger partial charge in [-0.05, 0) is 18.7 Å². The molecule has 0 saturated carbocycles. The maximum absolute atomic E-state index is 10.2. The van der Waals surface area contributed by atoms with E-state index in [0.717, 1.165) is 11.8 Å². The standard InChI is InChI=1S/C7H4N2O3S/c1-5(9(10)11)6-2-3-7(12-6)13-4-8/h2-3H,1H2. The predicted octanol–water partition coefficient (Wildman–Crippen LogP) is 2.10. The number of nitriles is 1. The second kappa shape index (κ2) is 3.78. The fourth-order valence-electron chi connectivity index (χ4n) is 0.665. The summed E-state index contributed by atoms with van der Waals surface area (Å²) in [6, 6.07) is 2.89. The molecule has 6 heteroatoms. The monoisotopic (exact) mass is 196 g/mol. The first-order valence-electron chi connectivity index (χ1n) is 3.14. The molecule has 0 atom stereocenters. The lowest BCUT2D eigenvalue weighted by Crippen LogP contribution is -1.93. The quantitative estimate of drug-likeness (QED) is 0.320. The zero-order valence-corrected chi connectivity index (χ0v) is 7.21. The van der Waals surface area contributed by atoms with Crippen molar-refractivity contribution in [3.63, 3.8) is 0 Å². The van der Waals surface area contributed by atoms with Crippen LogP contribution < -0.4 is 0 Å². The van der Waals surface area contributed by atoms with Crippen LogP contribution in [0.2, 0.25) is 0 Å². The van der Waals surface area contributed by atoms with Crippen LogP contribution in [0.25, 0.3) is 5.70 Å². The molecular formula is C7H4N2O3S. The molecule has 0 fully saturated rings. The van der Waals surface area contributed by atoms with Gasteiger partial charge in [0.25, 0.3) is 0 Å². The van der Waals surface area contributed by atoms with Gasteiger partial charge in [0.1, 0.15) is 5.40 Å². The number of rotatable bonds is 3. The topological polar surface area (TPSA) is 80.1 Å². The lowest BCUT2D eigenvalue weighted by Gasteiger charge is -1.89. The van der Waals surface area contributed by atoms with Gasteiger partial charge in [-0.3, -0.25) is 10.1 Å². The van der Waals surface area contributed by atoms with E-state index >= 15 is 0 Å². The highest BCUT2D eigenvalue weighted by Gasteiger charge is 2.15. The van der Waals surface area contributed by atoms with Crippen LogP contribution in [0, 0.1) is 20.8 Å². The Bertz CT molecular complexity index is 391. The average Bonchev–Trinajstić information content (AvgIpc) is 2.52. The number of hydrogen-bond acceptors (Lipinski definition) is 5. The molecule has 5 nitrogen and oxygen atoms in total. The Hall–Kier alpha value is -1.74. The highest BCUT2D eigenvalue weighted by atomic mass is 32.2. The van der Waals surface area contributed by atoms with Crippen LogP contribution in [0.4, 0.5) is 0 Å². The highest BCUT2D eigenvalue weighted by molar-refractivity contribution is 8.03. The van der Waals surface area contributed by atoms with Gasteiger partial charge in [-0.25, -0.2) is 0 Å². The molecule has 13 heavy (non-hydrogen) atoms. The Morgan fingerprint density at radius 1 is 1.77 bits per heavy atom. The SMILES string of the molecule is C=C(c1ccc(SC#N)o1)[N+](=O)[O-]. The highest BCUT2D eigenvalue weighted by Crippen LogP contribution is 2.23. The van der Waals surface area contributed by atoms with E-state index in [1.54, 1.807) is 5.40 Å². The molecule has 1 rings (SSSR count). The Labute approximate surface area is 77.8 Å². The van der Waals surface area contributed by atoms with Crippen molar-refractivity contribution in [2.45, 2.75) is 5.09 Å². The van der Waals surface area contributed by atoms with Crippen molar-refractivity contribution in [1.29, 1.82) is 5.26 Å². The second-order valence-corrected chi connectivity index (χ2v) is 2.80. The molecule has 1 aromatic rings. The van der Waals surface area contributed by atoms with Gasteiger partial charge in [0.05, 0.1) is 4.92 Å². The molecule has 0 radical (unpaired) electrons. The van der Waals surface area contributed by atoms with E-state index in [9.17, 15) is 10.1 Å². The molecule has 0 aromatic carbocycles. The zero-order valence-electron chi connectivity index (χ0n) is 6.39. The van der Waals surface area contributed by atoms with Crippen LogP contribution >= 0.6 is 11.8 Å². The van der Waals surface area contributed by atoms with E-state index in [-0.39, 0.29) is 11.5 Å². The van der Waals surface area contributed by atoms with Crippen molar-refractivity contribution < 1.29 is 9.34 Å². The van der Waals surface area contributed by atoms with Gasteiger partial charge in [0, 0.05) is 11.8 Å². The molecule has 1 aromatic heterocycles. The van der Waals surface area contributed by atoms with Gasteiger partial charge < -0.3 is 4.42 Å². The largest absolute Gasteiger partial charge is 0.442 e. The number of nitrogens with zero attached hydrogens (tertiary/aromatic N) is 2. The fraction of sp³-hybridized carbons (Fsp3) is 0. The third-order valence-electron chi connectivity index (χ3n) is 1.23. The number of furan rings is 1. The maximum atomic E-state index is 10.2. The summed E-state index contributed by atoms with van der Waals surface area (Å²) < 4.78 is 4.95. The lowest BCUT2D eigenvalue weighted by atomic mass is 10.4. The second-order valence-electron chi connectivity index (χ2n) is 2.02. The van der Waals surface area contributed by atoms with E-state index in [2.05, 4.69) is 6.58 Å². The minimum atomic E-state index is -0.639. The molecule has 0 N–H and O–H groups in total. The van der Waals surface area contributed by atoms with Gasteiger partial charge >= 0.3 is 5.70 Å². The van der Waals surface area contributed by atoms with E-state index in [1.807, 2.05) is 0 Å². The van der Waals surface area contributed by atoms with Crippen LogP contribution in [0.5, 0.6) is 0 Å². The number of hydrogen-bond donors (Lipinski definition) is 0. The van der Waals surface area contributed by atoms with E-state index in [4.69, 9.17) is 9.68 Å². The average molecular weight is 196 g/mol. The molecule has 0 aliphatic heterocycles. The van der Waals surface area contributed by atoms with Crippen LogP contribution in [0.1, 0.15) is 5.76 Å². The van der Waals surface area contributed by atoms with E-state index < -0.39 is 4.92 Å². The van der Waals surface area contributed by atoms with Gasteiger partial charge in [0.15, 0.2) is 5.09 Å². The Morgan fingerprint density at radius 3 is 3.00 bits per heavy atom. The number of thioether (sulfide) groups is 1. The molecule has 66 valence electrons. The molecule has 0 saturated heterocycles. The van der Waals surface area contributed by atoms with E-state index in [1.165, 1.54) is 12.1 Å². The summed E-state index contributed by atoms with van der Waals surface area (Å²) in [6.45, 7) is 3.21. The third-order valence-corrected chi connectivity index (χ3v) is 1.74. The molecule has 0 spiro atoms. The third kappa shape index (κ3) is 2.10. The van der Waals surface area contributed by atoms with Gasteiger partial charge in [-0.15, -0.1) is 0 Å². The van der Waals surface area contributed by atoms with Crippen molar-refractivity contribution in [2.24, 2.45) is 0 Å². The number of nitro groups is 1. The minimum Gasteiger partial charge on any atom is -0.442 e. The lowest BCUT2D eigenvalue weighted by molar-refractivity contribution is -0.376. The Morgan fingerprint density at radius 2 is 2.46 bits per heavy atom. The Balaban J connectivity index is 2.87.